The highest BCUT2D eigenvalue weighted by Gasteiger charge is 2.24. The van der Waals surface area contributed by atoms with Gasteiger partial charge in [0.05, 0.1) is 6.04 Å². The number of anilines is 1. The van der Waals surface area contributed by atoms with Crippen LogP contribution in [0.5, 0.6) is 0 Å². The lowest BCUT2D eigenvalue weighted by Crippen LogP contribution is -2.23. The lowest BCUT2D eigenvalue weighted by atomic mass is 10.0. The van der Waals surface area contributed by atoms with Gasteiger partial charge < -0.3 is 15.0 Å². The number of nitrogens with one attached hydrogen (secondary N) is 1. The summed E-state index contributed by atoms with van der Waals surface area (Å²) in [4.78, 5) is 15.0. The van der Waals surface area contributed by atoms with E-state index in [1.165, 1.54) is 18.3 Å². The van der Waals surface area contributed by atoms with Gasteiger partial charge in [-0.2, -0.15) is 0 Å². The Morgan fingerprint density at radius 2 is 2.16 bits per heavy atom. The smallest absolute Gasteiger partial charge is 0.356 e. The van der Waals surface area contributed by atoms with E-state index < -0.39 is 5.97 Å². The number of hydrogen-bond donors (Lipinski definition) is 2. The molecule has 0 saturated carbocycles. The Morgan fingerprint density at radius 1 is 1.42 bits per heavy atom. The largest absolute Gasteiger partial charge is 0.476 e. The number of aromatic nitrogens is 2. The molecule has 98 valence electrons. The predicted molar refractivity (Wildman–Crippen MR) is 66.8 cm³/mol. The Morgan fingerprint density at radius 3 is 2.84 bits per heavy atom. The van der Waals surface area contributed by atoms with Crippen LogP contribution in [0.15, 0.2) is 30.5 Å². The maximum atomic E-state index is 13.0. The summed E-state index contributed by atoms with van der Waals surface area (Å²) in [5, 5.41) is 12.0. The Balaban J connectivity index is 2.02. The third-order valence-electron chi connectivity index (χ3n) is 3.24. The van der Waals surface area contributed by atoms with Gasteiger partial charge in [0.25, 0.3) is 0 Å². The summed E-state index contributed by atoms with van der Waals surface area (Å²) >= 11 is 0. The molecule has 2 heterocycles. The van der Waals surface area contributed by atoms with Crippen LogP contribution in [-0.4, -0.2) is 27.2 Å². The number of benzene rings is 1. The first kappa shape index (κ1) is 11.7. The van der Waals surface area contributed by atoms with Gasteiger partial charge in [0.15, 0.2) is 5.69 Å². The van der Waals surface area contributed by atoms with Crippen molar-refractivity contribution in [3.8, 4) is 0 Å². The number of hydrogen-bond acceptors (Lipinski definition) is 3. The van der Waals surface area contributed by atoms with Crippen LogP contribution in [0.3, 0.4) is 0 Å². The third-order valence-corrected chi connectivity index (χ3v) is 3.24. The van der Waals surface area contributed by atoms with E-state index in [4.69, 9.17) is 5.11 Å². The number of halogens is 1. The molecule has 0 bridgehead atoms. The van der Waals surface area contributed by atoms with Crippen molar-refractivity contribution in [3.63, 3.8) is 0 Å². The average molecular weight is 261 g/mol. The van der Waals surface area contributed by atoms with E-state index in [1.54, 1.807) is 16.7 Å². The highest BCUT2D eigenvalue weighted by molar-refractivity contribution is 5.85. The first-order chi connectivity index (χ1) is 9.15. The van der Waals surface area contributed by atoms with Crippen LogP contribution >= 0.6 is 0 Å². The first-order valence-electron chi connectivity index (χ1n) is 5.96. The molecule has 0 spiro atoms. The second-order valence-electron chi connectivity index (χ2n) is 4.44. The van der Waals surface area contributed by atoms with Gasteiger partial charge in [-0.25, -0.2) is 14.2 Å². The average Bonchev–Trinajstić information content (AvgIpc) is 2.83. The van der Waals surface area contributed by atoms with Crippen LogP contribution in [0.2, 0.25) is 0 Å². The van der Waals surface area contributed by atoms with Gasteiger partial charge in [0.2, 0.25) is 5.95 Å². The molecule has 1 aromatic carbocycles. The zero-order chi connectivity index (χ0) is 13.4. The summed E-state index contributed by atoms with van der Waals surface area (Å²) in [6.45, 7) is 0.706. The molecular weight excluding hydrogens is 249 g/mol. The molecule has 0 fully saturated rings. The maximum Gasteiger partial charge on any atom is 0.356 e. The molecule has 19 heavy (non-hydrogen) atoms. The molecule has 1 aliphatic rings. The molecule has 0 saturated heterocycles. The maximum absolute atomic E-state index is 13.0. The Kier molecular flexibility index (Phi) is 2.70. The van der Waals surface area contributed by atoms with Gasteiger partial charge in [-0.15, -0.1) is 0 Å². The number of rotatable bonds is 2. The Labute approximate surface area is 108 Å². The van der Waals surface area contributed by atoms with E-state index in [0.29, 0.717) is 12.5 Å². The summed E-state index contributed by atoms with van der Waals surface area (Å²) in [5.41, 5.74) is 0.954. The Hall–Kier alpha value is -2.37. The summed E-state index contributed by atoms with van der Waals surface area (Å²) in [5.74, 6) is -0.797. The molecule has 2 N–H and O–H groups in total. The summed E-state index contributed by atoms with van der Waals surface area (Å²) in [7, 11) is 0. The van der Waals surface area contributed by atoms with Crippen molar-refractivity contribution in [1.29, 1.82) is 0 Å². The second-order valence-corrected chi connectivity index (χ2v) is 4.44. The highest BCUT2D eigenvalue weighted by Crippen LogP contribution is 2.29. The van der Waals surface area contributed by atoms with Gasteiger partial charge in [0, 0.05) is 12.7 Å². The fourth-order valence-electron chi connectivity index (χ4n) is 2.34. The van der Waals surface area contributed by atoms with Crippen LogP contribution in [0, 0.1) is 5.82 Å². The molecule has 1 unspecified atom stereocenters. The number of nitrogens with zero attached hydrogens (tertiary/aromatic N) is 2. The minimum Gasteiger partial charge on any atom is -0.476 e. The number of fused-ring (bicyclic) bond motifs is 1. The molecule has 1 aliphatic heterocycles. The van der Waals surface area contributed by atoms with Crippen molar-refractivity contribution >= 4 is 11.9 Å². The normalized spacial score (nSPS) is 17.6. The summed E-state index contributed by atoms with van der Waals surface area (Å²) in [6, 6.07) is 6.24. The van der Waals surface area contributed by atoms with Gasteiger partial charge in [0.1, 0.15) is 5.82 Å². The summed E-state index contributed by atoms with van der Waals surface area (Å²) in [6.07, 6.45) is 2.31. The van der Waals surface area contributed by atoms with Crippen molar-refractivity contribution in [2.75, 3.05) is 11.9 Å². The topological polar surface area (TPSA) is 67.1 Å². The molecule has 1 aromatic heterocycles. The lowest BCUT2D eigenvalue weighted by Gasteiger charge is -2.26. The van der Waals surface area contributed by atoms with Gasteiger partial charge in [-0.3, -0.25) is 0 Å². The SMILES string of the molecule is O=C(O)c1cn2c(n1)NCCC2c1ccc(F)cc1. The molecule has 2 aromatic rings. The van der Waals surface area contributed by atoms with E-state index in [-0.39, 0.29) is 17.6 Å². The Bertz CT molecular complexity index is 621. The molecule has 3 rings (SSSR count). The van der Waals surface area contributed by atoms with Crippen LogP contribution in [0.1, 0.15) is 28.5 Å². The molecule has 0 aliphatic carbocycles. The zero-order valence-electron chi connectivity index (χ0n) is 10.0. The molecule has 1 atom stereocenters. The molecule has 0 radical (unpaired) electrons. The van der Waals surface area contributed by atoms with Crippen molar-refractivity contribution in [2.45, 2.75) is 12.5 Å². The minimum atomic E-state index is -1.05. The molecule has 5 nitrogen and oxygen atoms in total. The molecule has 0 amide bonds. The van der Waals surface area contributed by atoms with Crippen LogP contribution in [-0.2, 0) is 0 Å². The minimum absolute atomic E-state index is 0.0107. The number of aromatic carboxylic acids is 1. The van der Waals surface area contributed by atoms with Crippen LogP contribution in [0.4, 0.5) is 10.3 Å². The first-order valence-corrected chi connectivity index (χ1v) is 5.96. The molecular formula is C13H12FN3O2. The number of imidazole rings is 1. The van der Waals surface area contributed by atoms with Crippen molar-refractivity contribution in [1.82, 2.24) is 9.55 Å². The predicted octanol–water partition coefficient (Wildman–Crippen LogP) is 2.13. The van der Waals surface area contributed by atoms with Crippen molar-refractivity contribution in [2.24, 2.45) is 0 Å². The number of carboxylic acid groups (broad SMARTS) is 1. The third kappa shape index (κ3) is 2.05. The lowest BCUT2D eigenvalue weighted by molar-refractivity contribution is 0.0691. The van der Waals surface area contributed by atoms with Crippen LogP contribution < -0.4 is 5.32 Å². The van der Waals surface area contributed by atoms with Gasteiger partial charge in [-0.1, -0.05) is 12.1 Å². The quantitative estimate of drug-likeness (QED) is 0.869. The van der Waals surface area contributed by atoms with E-state index in [1.807, 2.05) is 0 Å². The van der Waals surface area contributed by atoms with E-state index in [0.717, 1.165) is 12.0 Å². The number of carbonyl (C=O) groups is 1. The zero-order valence-corrected chi connectivity index (χ0v) is 10.0. The van der Waals surface area contributed by atoms with Crippen LogP contribution in [0.25, 0.3) is 0 Å². The van der Waals surface area contributed by atoms with E-state index >= 15 is 0 Å². The summed E-state index contributed by atoms with van der Waals surface area (Å²) < 4.78 is 14.7. The van der Waals surface area contributed by atoms with Crippen molar-refractivity contribution in [3.05, 3.63) is 47.5 Å². The highest BCUT2D eigenvalue weighted by atomic mass is 19.1. The standard InChI is InChI=1S/C13H12FN3O2/c14-9-3-1-8(2-4-9)11-5-6-15-13-16-10(12(18)19)7-17(11)13/h1-4,7,11H,5-6H2,(H,15,16)(H,18,19). The van der Waals surface area contributed by atoms with E-state index in [9.17, 15) is 9.18 Å². The molecule has 6 heteroatoms. The second kappa shape index (κ2) is 4.38. The fraction of sp³-hybridized carbons (Fsp3) is 0.231. The van der Waals surface area contributed by atoms with E-state index in [2.05, 4.69) is 10.3 Å². The number of carboxylic acids is 1. The van der Waals surface area contributed by atoms with Gasteiger partial charge in [-0.05, 0) is 24.1 Å². The fourth-order valence-corrected chi connectivity index (χ4v) is 2.34. The monoisotopic (exact) mass is 261 g/mol. The van der Waals surface area contributed by atoms with Crippen molar-refractivity contribution < 1.29 is 14.3 Å². The van der Waals surface area contributed by atoms with Gasteiger partial charge >= 0.3 is 5.97 Å².